The van der Waals surface area contributed by atoms with E-state index in [0.717, 1.165) is 17.0 Å². The Morgan fingerprint density at radius 2 is 1.62 bits per heavy atom. The number of rotatable bonds is 4. The van der Waals surface area contributed by atoms with Crippen molar-refractivity contribution in [1.82, 2.24) is 0 Å². The van der Waals surface area contributed by atoms with Gasteiger partial charge in [-0.15, -0.1) is 0 Å². The van der Waals surface area contributed by atoms with E-state index in [1.165, 1.54) is 12.1 Å². The molecule has 2 heterocycles. The zero-order chi connectivity index (χ0) is 22.4. The SMILES string of the molecule is O=C(C1=C(O)C(=O)N(c2ccc(F)c(F)c2)C1c1ccccc1)c1cc2ccccc2o1. The second kappa shape index (κ2) is 7.46. The van der Waals surface area contributed by atoms with E-state index in [2.05, 4.69) is 0 Å². The Bertz CT molecular complexity index is 1380. The maximum Gasteiger partial charge on any atom is 0.294 e. The van der Waals surface area contributed by atoms with Gasteiger partial charge in [-0.2, -0.15) is 0 Å². The molecule has 1 atom stereocenters. The second-order valence-electron chi connectivity index (χ2n) is 7.33. The molecule has 1 aliphatic heterocycles. The summed E-state index contributed by atoms with van der Waals surface area (Å²) >= 11 is 0. The number of Topliss-reactive ketones (excluding diaryl/α,β-unsaturated/α-hetero) is 1. The van der Waals surface area contributed by atoms with Crippen LogP contribution in [0.1, 0.15) is 22.2 Å². The summed E-state index contributed by atoms with van der Waals surface area (Å²) in [5.41, 5.74) is 0.787. The number of carbonyl (C=O) groups is 2. The minimum absolute atomic E-state index is 0.00158. The molecule has 3 aromatic carbocycles. The summed E-state index contributed by atoms with van der Waals surface area (Å²) in [5, 5.41) is 11.4. The molecular formula is C25H15F2NO4. The Balaban J connectivity index is 1.66. The van der Waals surface area contributed by atoms with Crippen LogP contribution in [-0.2, 0) is 4.79 Å². The van der Waals surface area contributed by atoms with Crippen LogP contribution in [0.3, 0.4) is 0 Å². The highest BCUT2D eigenvalue weighted by molar-refractivity contribution is 6.20. The fourth-order valence-electron chi connectivity index (χ4n) is 3.92. The maximum absolute atomic E-state index is 14.0. The third kappa shape index (κ3) is 3.06. The van der Waals surface area contributed by atoms with Crippen LogP contribution >= 0.6 is 0 Å². The first-order valence-electron chi connectivity index (χ1n) is 9.75. The zero-order valence-corrected chi connectivity index (χ0v) is 16.5. The average molecular weight is 431 g/mol. The van der Waals surface area contributed by atoms with Gasteiger partial charge >= 0.3 is 0 Å². The molecule has 5 rings (SSSR count). The summed E-state index contributed by atoms with van der Waals surface area (Å²) in [7, 11) is 0. The normalized spacial score (nSPS) is 16.2. The van der Waals surface area contributed by atoms with Gasteiger partial charge in [-0.25, -0.2) is 8.78 Å². The smallest absolute Gasteiger partial charge is 0.294 e. The van der Waals surface area contributed by atoms with Crippen molar-refractivity contribution in [3.8, 4) is 0 Å². The molecule has 1 unspecified atom stereocenters. The predicted octanol–water partition coefficient (Wildman–Crippen LogP) is 5.49. The first kappa shape index (κ1) is 19.7. The number of hydrogen-bond acceptors (Lipinski definition) is 4. The van der Waals surface area contributed by atoms with Gasteiger partial charge < -0.3 is 9.52 Å². The van der Waals surface area contributed by atoms with E-state index in [1.807, 2.05) is 0 Å². The van der Waals surface area contributed by atoms with Crippen molar-refractivity contribution in [2.24, 2.45) is 0 Å². The van der Waals surface area contributed by atoms with Crippen molar-refractivity contribution in [2.75, 3.05) is 4.90 Å². The van der Waals surface area contributed by atoms with Crippen LogP contribution in [0.4, 0.5) is 14.5 Å². The molecule has 1 amide bonds. The summed E-state index contributed by atoms with van der Waals surface area (Å²) in [4.78, 5) is 27.5. The van der Waals surface area contributed by atoms with Crippen LogP contribution in [0.15, 0.2) is 94.6 Å². The third-order valence-electron chi connectivity index (χ3n) is 5.40. The number of furan rings is 1. The molecule has 1 aromatic heterocycles. The van der Waals surface area contributed by atoms with E-state index in [-0.39, 0.29) is 17.0 Å². The van der Waals surface area contributed by atoms with Crippen LogP contribution in [-0.4, -0.2) is 16.8 Å². The highest BCUT2D eigenvalue weighted by Crippen LogP contribution is 2.42. The van der Waals surface area contributed by atoms with Gasteiger partial charge in [0.05, 0.1) is 11.6 Å². The van der Waals surface area contributed by atoms with Crippen molar-refractivity contribution >= 4 is 28.3 Å². The second-order valence-corrected chi connectivity index (χ2v) is 7.33. The van der Waals surface area contributed by atoms with E-state index in [4.69, 9.17) is 4.42 Å². The molecule has 0 bridgehead atoms. The first-order chi connectivity index (χ1) is 15.5. The highest BCUT2D eigenvalue weighted by atomic mass is 19.2. The molecule has 0 fully saturated rings. The number of hydrogen-bond donors (Lipinski definition) is 1. The topological polar surface area (TPSA) is 70.8 Å². The van der Waals surface area contributed by atoms with Gasteiger partial charge in [-0.1, -0.05) is 48.5 Å². The number of anilines is 1. The van der Waals surface area contributed by atoms with Crippen LogP contribution in [0, 0.1) is 11.6 Å². The average Bonchev–Trinajstić information content (AvgIpc) is 3.35. The van der Waals surface area contributed by atoms with Crippen molar-refractivity contribution in [3.05, 3.63) is 113 Å². The minimum atomic E-state index is -1.15. The molecule has 0 saturated carbocycles. The predicted molar refractivity (Wildman–Crippen MR) is 113 cm³/mol. The van der Waals surface area contributed by atoms with Gasteiger partial charge in [0.25, 0.3) is 5.91 Å². The molecule has 0 saturated heterocycles. The van der Waals surface area contributed by atoms with E-state index in [1.54, 1.807) is 54.6 Å². The molecule has 0 radical (unpaired) electrons. The summed E-state index contributed by atoms with van der Waals surface area (Å²) in [6.07, 6.45) is 0. The van der Waals surface area contributed by atoms with Crippen LogP contribution in [0.5, 0.6) is 0 Å². The Labute approximate surface area is 180 Å². The summed E-state index contributed by atoms with van der Waals surface area (Å²) in [5.74, 6) is -4.62. The number of benzene rings is 3. The molecule has 0 aliphatic carbocycles. The molecule has 4 aromatic rings. The third-order valence-corrected chi connectivity index (χ3v) is 5.40. The maximum atomic E-state index is 14.0. The number of aliphatic hydroxyl groups excluding tert-OH is 1. The number of para-hydroxylation sites is 1. The summed E-state index contributed by atoms with van der Waals surface area (Å²) in [6, 6.07) is 19.0. The molecule has 1 aliphatic rings. The van der Waals surface area contributed by atoms with Crippen molar-refractivity contribution < 1.29 is 27.9 Å². The van der Waals surface area contributed by atoms with E-state index >= 15 is 0 Å². The van der Waals surface area contributed by atoms with Crippen molar-refractivity contribution in [2.45, 2.75) is 6.04 Å². The van der Waals surface area contributed by atoms with Gasteiger partial charge in [0.2, 0.25) is 5.78 Å². The molecular weight excluding hydrogens is 416 g/mol. The highest BCUT2D eigenvalue weighted by Gasteiger charge is 2.45. The fourth-order valence-corrected chi connectivity index (χ4v) is 3.92. The molecule has 1 N–H and O–H groups in total. The number of halogens is 2. The molecule has 158 valence electrons. The first-order valence-corrected chi connectivity index (χ1v) is 9.75. The van der Waals surface area contributed by atoms with Gasteiger partial charge in [-0.05, 0) is 29.8 Å². The van der Waals surface area contributed by atoms with Gasteiger partial charge in [0.15, 0.2) is 23.2 Å². The van der Waals surface area contributed by atoms with E-state index < -0.39 is 35.1 Å². The largest absolute Gasteiger partial charge is 0.503 e. The number of fused-ring (bicyclic) bond motifs is 1. The number of amides is 1. The lowest BCUT2D eigenvalue weighted by Gasteiger charge is -2.26. The van der Waals surface area contributed by atoms with Gasteiger partial charge in [-0.3, -0.25) is 14.5 Å². The van der Waals surface area contributed by atoms with Crippen molar-refractivity contribution in [1.29, 1.82) is 0 Å². The summed E-state index contributed by atoms with van der Waals surface area (Å²) in [6.45, 7) is 0. The molecule has 32 heavy (non-hydrogen) atoms. The standard InChI is InChI=1S/C25H15F2NO4/c26-17-11-10-16(13-18(17)27)28-22(14-6-2-1-3-7-14)21(24(30)25(28)31)23(29)20-12-15-8-4-5-9-19(15)32-20/h1-13,22,30H. The number of nitrogens with zero attached hydrogens (tertiary/aromatic N) is 1. The zero-order valence-electron chi connectivity index (χ0n) is 16.5. The molecule has 7 heteroatoms. The number of aliphatic hydroxyl groups is 1. The van der Waals surface area contributed by atoms with Crippen LogP contribution in [0.25, 0.3) is 11.0 Å². The lowest BCUT2D eigenvalue weighted by molar-refractivity contribution is -0.117. The monoisotopic (exact) mass is 431 g/mol. The Hall–Kier alpha value is -4.26. The minimum Gasteiger partial charge on any atom is -0.503 e. The molecule has 5 nitrogen and oxygen atoms in total. The number of ketones is 1. The quantitative estimate of drug-likeness (QED) is 0.434. The van der Waals surface area contributed by atoms with Crippen LogP contribution in [0.2, 0.25) is 0 Å². The Morgan fingerprint density at radius 1 is 0.906 bits per heavy atom. The van der Waals surface area contributed by atoms with Crippen molar-refractivity contribution in [3.63, 3.8) is 0 Å². The van der Waals surface area contributed by atoms with Crippen LogP contribution < -0.4 is 4.90 Å². The molecule has 0 spiro atoms. The number of carbonyl (C=O) groups excluding carboxylic acids is 2. The van der Waals surface area contributed by atoms with Gasteiger partial charge in [0, 0.05) is 17.1 Å². The Kier molecular flexibility index (Phi) is 4.59. The summed E-state index contributed by atoms with van der Waals surface area (Å²) < 4.78 is 33.1. The van der Waals surface area contributed by atoms with E-state index in [9.17, 15) is 23.5 Å². The Morgan fingerprint density at radius 3 is 2.34 bits per heavy atom. The fraction of sp³-hybridized carbons (Fsp3) is 0.0400. The lowest BCUT2D eigenvalue weighted by Crippen LogP contribution is -2.31. The lowest BCUT2D eigenvalue weighted by atomic mass is 9.95. The van der Waals surface area contributed by atoms with E-state index in [0.29, 0.717) is 16.5 Å². The van der Waals surface area contributed by atoms with Gasteiger partial charge in [0.1, 0.15) is 5.58 Å².